The topological polar surface area (TPSA) is 146 Å². The van der Waals surface area contributed by atoms with Crippen molar-refractivity contribution < 1.29 is 32.6 Å². The van der Waals surface area contributed by atoms with Gasteiger partial charge in [0.1, 0.15) is 24.1 Å². The Labute approximate surface area is 132 Å². The number of hydrogen-bond donors (Lipinski definition) is 3. The van der Waals surface area contributed by atoms with Crippen molar-refractivity contribution in [3.63, 3.8) is 0 Å². The van der Waals surface area contributed by atoms with Crippen molar-refractivity contribution in [2.75, 3.05) is 5.73 Å². The highest BCUT2D eigenvalue weighted by molar-refractivity contribution is 7.54. The normalized spacial score (nSPS) is 38.3. The standard InChI is InChI=1S/C11H12F2N5O5P/c12-11(13)1-4-7(23-24(11,20)21)6(19)10(22-4)18-3-17-5-8(14)15-2-16-9(5)18/h2-4,6-7,10,19H,1H2,(H,20,21)(H2,14,15,16)/t4-,6-,7-,10-/m1/s1. The van der Waals surface area contributed by atoms with Crippen LogP contribution in [0.1, 0.15) is 12.6 Å². The summed E-state index contributed by atoms with van der Waals surface area (Å²) in [5.74, 6) is 0.103. The average molecular weight is 363 g/mol. The SMILES string of the molecule is Nc1ncnc2c1ncn2[C@@H]1O[C@@H]2CC(F)(F)P(=O)(O)O[C@H]2[C@H]1O. The summed E-state index contributed by atoms with van der Waals surface area (Å²) in [4.78, 5) is 21.1. The highest BCUT2D eigenvalue weighted by atomic mass is 31.2. The molecule has 4 rings (SSSR count). The molecule has 2 saturated heterocycles. The summed E-state index contributed by atoms with van der Waals surface area (Å²) in [6.45, 7) is 0. The van der Waals surface area contributed by atoms with E-state index in [-0.39, 0.29) is 17.0 Å². The number of nitrogen functional groups attached to an aromatic ring is 1. The second-order valence-electron chi connectivity index (χ2n) is 5.60. The summed E-state index contributed by atoms with van der Waals surface area (Å²) in [6, 6.07) is 0. The fraction of sp³-hybridized carbons (Fsp3) is 0.545. The molecule has 0 aromatic carbocycles. The largest absolute Gasteiger partial charge is 0.397 e. The van der Waals surface area contributed by atoms with Crippen LogP contribution in [0.3, 0.4) is 0 Å². The molecular formula is C11H12F2N5O5P. The zero-order chi connectivity index (χ0) is 17.3. The van der Waals surface area contributed by atoms with Crippen LogP contribution in [-0.4, -0.2) is 53.5 Å². The summed E-state index contributed by atoms with van der Waals surface area (Å²) in [5, 5.41) is 10.3. The van der Waals surface area contributed by atoms with E-state index in [4.69, 9.17) is 10.5 Å². The Bertz CT molecular complexity index is 862. The number of rotatable bonds is 1. The van der Waals surface area contributed by atoms with Crippen molar-refractivity contribution >= 4 is 24.6 Å². The van der Waals surface area contributed by atoms with Crippen molar-refractivity contribution in [3.05, 3.63) is 12.7 Å². The van der Waals surface area contributed by atoms with E-state index in [0.717, 1.165) is 0 Å². The molecule has 0 saturated carbocycles. The number of imidazole rings is 1. The van der Waals surface area contributed by atoms with E-state index >= 15 is 0 Å². The molecule has 130 valence electrons. The summed E-state index contributed by atoms with van der Waals surface area (Å²) in [7, 11) is -5.20. The molecule has 0 radical (unpaired) electrons. The Morgan fingerprint density at radius 3 is 2.92 bits per heavy atom. The minimum Gasteiger partial charge on any atom is -0.386 e. The number of aromatic nitrogens is 4. The van der Waals surface area contributed by atoms with E-state index in [1.54, 1.807) is 0 Å². The van der Waals surface area contributed by atoms with Gasteiger partial charge in [-0.05, 0) is 0 Å². The van der Waals surface area contributed by atoms with Gasteiger partial charge < -0.3 is 20.5 Å². The molecule has 1 unspecified atom stereocenters. The first-order chi connectivity index (χ1) is 11.2. The zero-order valence-electron chi connectivity index (χ0n) is 11.9. The summed E-state index contributed by atoms with van der Waals surface area (Å²) in [6.07, 6.45) is -3.88. The van der Waals surface area contributed by atoms with E-state index in [1.165, 1.54) is 17.2 Å². The third-order valence-electron chi connectivity index (χ3n) is 4.10. The maximum Gasteiger partial charge on any atom is 0.397 e. The highest BCUT2D eigenvalue weighted by Crippen LogP contribution is 2.65. The number of nitrogens with zero attached hydrogens (tertiary/aromatic N) is 4. The van der Waals surface area contributed by atoms with Crippen LogP contribution >= 0.6 is 7.60 Å². The quantitative estimate of drug-likeness (QED) is 0.606. The molecule has 0 spiro atoms. The second kappa shape index (κ2) is 4.90. The van der Waals surface area contributed by atoms with Crippen LogP contribution in [0.5, 0.6) is 0 Å². The number of aliphatic hydroxyl groups is 1. The molecule has 0 amide bonds. The maximum atomic E-state index is 13.7. The molecule has 0 aliphatic carbocycles. The van der Waals surface area contributed by atoms with Crippen molar-refractivity contribution in [2.45, 2.75) is 36.6 Å². The van der Waals surface area contributed by atoms with Crippen molar-refractivity contribution in [2.24, 2.45) is 0 Å². The molecule has 4 N–H and O–H groups in total. The summed E-state index contributed by atoms with van der Waals surface area (Å²) < 4.78 is 50.2. The van der Waals surface area contributed by atoms with Crippen LogP contribution in [0.2, 0.25) is 0 Å². The predicted molar refractivity (Wildman–Crippen MR) is 73.9 cm³/mol. The molecule has 2 aromatic rings. The molecular weight excluding hydrogens is 351 g/mol. The van der Waals surface area contributed by atoms with Crippen LogP contribution < -0.4 is 5.73 Å². The van der Waals surface area contributed by atoms with Crippen LogP contribution in [0.4, 0.5) is 14.6 Å². The summed E-state index contributed by atoms with van der Waals surface area (Å²) in [5.41, 5.74) is 2.19. The van der Waals surface area contributed by atoms with Gasteiger partial charge in [0.05, 0.1) is 18.9 Å². The molecule has 2 aromatic heterocycles. The Balaban J connectivity index is 1.72. The number of anilines is 1. The molecule has 4 heterocycles. The number of halogens is 2. The Hall–Kier alpha value is -1.72. The Kier molecular flexibility index (Phi) is 3.22. The third-order valence-corrected chi connectivity index (χ3v) is 5.63. The zero-order valence-corrected chi connectivity index (χ0v) is 12.8. The molecule has 5 atom stereocenters. The number of aliphatic hydroxyl groups excluding tert-OH is 1. The molecule has 2 fully saturated rings. The molecule has 2 aliphatic heterocycles. The first-order valence-corrected chi connectivity index (χ1v) is 8.45. The number of fused-ring (bicyclic) bond motifs is 2. The van der Waals surface area contributed by atoms with Crippen molar-refractivity contribution in [3.8, 4) is 0 Å². The van der Waals surface area contributed by atoms with Gasteiger partial charge in [0.25, 0.3) is 0 Å². The van der Waals surface area contributed by atoms with Crippen molar-refractivity contribution in [1.82, 2.24) is 19.5 Å². The molecule has 2 aliphatic rings. The number of ether oxygens (including phenoxy) is 1. The fourth-order valence-electron chi connectivity index (χ4n) is 2.90. The van der Waals surface area contributed by atoms with Gasteiger partial charge >= 0.3 is 13.3 Å². The smallest absolute Gasteiger partial charge is 0.386 e. The van der Waals surface area contributed by atoms with E-state index in [1.807, 2.05) is 0 Å². The highest BCUT2D eigenvalue weighted by Gasteiger charge is 2.64. The minimum atomic E-state index is -5.20. The first kappa shape index (κ1) is 15.8. The minimum absolute atomic E-state index is 0.103. The molecule has 24 heavy (non-hydrogen) atoms. The van der Waals surface area contributed by atoms with Gasteiger partial charge in [-0.3, -0.25) is 13.7 Å². The van der Waals surface area contributed by atoms with Crippen LogP contribution in [0.25, 0.3) is 11.2 Å². The van der Waals surface area contributed by atoms with Crippen LogP contribution in [0.15, 0.2) is 12.7 Å². The number of nitrogens with two attached hydrogens (primary N) is 1. The van der Waals surface area contributed by atoms with Crippen molar-refractivity contribution in [1.29, 1.82) is 0 Å². The lowest BCUT2D eigenvalue weighted by atomic mass is 10.1. The van der Waals surface area contributed by atoms with Gasteiger partial charge in [-0.1, -0.05) is 0 Å². The van der Waals surface area contributed by atoms with E-state index in [2.05, 4.69) is 19.5 Å². The van der Waals surface area contributed by atoms with E-state index in [9.17, 15) is 23.3 Å². The lowest BCUT2D eigenvalue weighted by Crippen LogP contribution is -2.42. The first-order valence-electron chi connectivity index (χ1n) is 6.87. The molecule has 10 nitrogen and oxygen atoms in total. The maximum absolute atomic E-state index is 13.7. The van der Waals surface area contributed by atoms with Gasteiger partial charge in [0, 0.05) is 0 Å². The van der Waals surface area contributed by atoms with Gasteiger partial charge in [-0.25, -0.2) is 15.0 Å². The Morgan fingerprint density at radius 2 is 2.17 bits per heavy atom. The fourth-order valence-corrected chi connectivity index (χ4v) is 4.05. The average Bonchev–Trinajstić information content (AvgIpc) is 3.03. The van der Waals surface area contributed by atoms with Gasteiger partial charge in [0.2, 0.25) is 0 Å². The monoisotopic (exact) mass is 363 g/mol. The third kappa shape index (κ3) is 2.07. The predicted octanol–water partition coefficient (Wildman–Crippen LogP) is 0.234. The lowest BCUT2D eigenvalue weighted by molar-refractivity contribution is -0.0881. The van der Waals surface area contributed by atoms with Gasteiger partial charge in [-0.15, -0.1) is 0 Å². The van der Waals surface area contributed by atoms with E-state index in [0.29, 0.717) is 0 Å². The lowest BCUT2D eigenvalue weighted by Gasteiger charge is -2.34. The Morgan fingerprint density at radius 1 is 1.42 bits per heavy atom. The second-order valence-corrected chi connectivity index (χ2v) is 7.50. The van der Waals surface area contributed by atoms with Crippen LogP contribution in [0, 0.1) is 0 Å². The molecule has 13 heteroatoms. The van der Waals surface area contributed by atoms with Gasteiger partial charge in [0.15, 0.2) is 17.7 Å². The van der Waals surface area contributed by atoms with Gasteiger partial charge in [-0.2, -0.15) is 8.78 Å². The number of hydrogen-bond acceptors (Lipinski definition) is 8. The van der Waals surface area contributed by atoms with E-state index < -0.39 is 44.2 Å². The summed E-state index contributed by atoms with van der Waals surface area (Å²) >= 11 is 0. The molecule has 0 bridgehead atoms. The number of alkyl halides is 2. The van der Waals surface area contributed by atoms with Crippen LogP contribution in [-0.2, 0) is 13.8 Å².